The standard InChI is InChI=1S/C24H20N2O3S2/c27-23-21-17-8-4-5-9-20(17)31-22(21)25-24(26(23)16-6-2-1-3-7-16)30-13-15-10-11-18-19(12-15)29-14-28-18/h1-3,6-7,10-12H,4-5,8-9,13-14H2. The Labute approximate surface area is 187 Å². The third-order valence-corrected chi connectivity index (χ3v) is 7.97. The molecule has 0 saturated heterocycles. The fraction of sp³-hybridized carbons (Fsp3) is 0.250. The Morgan fingerprint density at radius 3 is 2.77 bits per heavy atom. The lowest BCUT2D eigenvalue weighted by atomic mass is 9.97. The van der Waals surface area contributed by atoms with Gasteiger partial charge in [0.15, 0.2) is 16.7 Å². The van der Waals surface area contributed by atoms with Crippen molar-refractivity contribution in [3.05, 3.63) is 74.9 Å². The molecule has 0 atom stereocenters. The molecule has 1 aliphatic heterocycles. The minimum absolute atomic E-state index is 0.0452. The van der Waals surface area contributed by atoms with Crippen LogP contribution in [0.3, 0.4) is 0 Å². The zero-order chi connectivity index (χ0) is 20.8. The van der Waals surface area contributed by atoms with Crippen LogP contribution < -0.4 is 15.0 Å². The van der Waals surface area contributed by atoms with Crippen LogP contribution >= 0.6 is 23.1 Å². The van der Waals surface area contributed by atoms with E-state index in [1.54, 1.807) is 27.7 Å². The smallest absolute Gasteiger partial charge is 0.267 e. The first-order chi connectivity index (χ1) is 15.3. The second-order valence-corrected chi connectivity index (χ2v) is 9.76. The number of aryl methyl sites for hydroxylation is 2. The van der Waals surface area contributed by atoms with E-state index in [1.807, 2.05) is 48.5 Å². The van der Waals surface area contributed by atoms with Crippen molar-refractivity contribution < 1.29 is 9.47 Å². The normalized spacial score (nSPS) is 14.7. The molecule has 2 aromatic carbocycles. The Hall–Kier alpha value is -2.77. The summed E-state index contributed by atoms with van der Waals surface area (Å²) in [6, 6.07) is 15.8. The molecular weight excluding hydrogens is 428 g/mol. The lowest BCUT2D eigenvalue weighted by Gasteiger charge is -2.13. The third-order valence-electron chi connectivity index (χ3n) is 5.78. The predicted molar refractivity (Wildman–Crippen MR) is 124 cm³/mol. The van der Waals surface area contributed by atoms with Gasteiger partial charge in [-0.25, -0.2) is 4.98 Å². The van der Waals surface area contributed by atoms with Gasteiger partial charge in [-0.15, -0.1) is 11.3 Å². The van der Waals surface area contributed by atoms with Gasteiger partial charge in [-0.05, 0) is 61.1 Å². The molecule has 1 aliphatic carbocycles. The number of aromatic nitrogens is 2. The van der Waals surface area contributed by atoms with Crippen molar-refractivity contribution in [2.24, 2.45) is 0 Å². The highest BCUT2D eigenvalue weighted by Gasteiger charge is 2.23. The molecule has 0 spiro atoms. The van der Waals surface area contributed by atoms with Crippen LogP contribution in [-0.4, -0.2) is 16.3 Å². The number of thioether (sulfide) groups is 1. The zero-order valence-corrected chi connectivity index (χ0v) is 18.4. The first kappa shape index (κ1) is 19.0. The summed E-state index contributed by atoms with van der Waals surface area (Å²) in [6.07, 6.45) is 4.37. The van der Waals surface area contributed by atoms with Crippen molar-refractivity contribution in [2.75, 3.05) is 6.79 Å². The van der Waals surface area contributed by atoms with Gasteiger partial charge >= 0.3 is 0 Å². The molecule has 0 unspecified atom stereocenters. The summed E-state index contributed by atoms with van der Waals surface area (Å²) in [5.74, 6) is 2.23. The fourth-order valence-electron chi connectivity index (χ4n) is 4.27. The Kier molecular flexibility index (Phi) is 4.73. The molecule has 5 nitrogen and oxygen atoms in total. The molecule has 6 rings (SSSR count). The summed E-state index contributed by atoms with van der Waals surface area (Å²) in [4.78, 5) is 20.9. The van der Waals surface area contributed by atoms with Gasteiger partial charge in [-0.1, -0.05) is 36.0 Å². The first-order valence-corrected chi connectivity index (χ1v) is 12.2. The molecule has 156 valence electrons. The van der Waals surface area contributed by atoms with Crippen molar-refractivity contribution >= 4 is 33.3 Å². The van der Waals surface area contributed by atoms with Crippen LogP contribution in [-0.2, 0) is 18.6 Å². The highest BCUT2D eigenvalue weighted by Crippen LogP contribution is 2.37. The van der Waals surface area contributed by atoms with Crippen molar-refractivity contribution in [2.45, 2.75) is 36.6 Å². The lowest BCUT2D eigenvalue weighted by Crippen LogP contribution is -2.22. The van der Waals surface area contributed by atoms with E-state index in [9.17, 15) is 4.79 Å². The zero-order valence-electron chi connectivity index (χ0n) is 16.8. The number of fused-ring (bicyclic) bond motifs is 4. The number of hydrogen-bond donors (Lipinski definition) is 0. The van der Waals surface area contributed by atoms with E-state index < -0.39 is 0 Å². The largest absolute Gasteiger partial charge is 0.454 e. The van der Waals surface area contributed by atoms with Crippen LogP contribution in [0.15, 0.2) is 58.5 Å². The van der Waals surface area contributed by atoms with Gasteiger partial charge in [0.1, 0.15) is 4.83 Å². The quantitative estimate of drug-likeness (QED) is 0.311. The van der Waals surface area contributed by atoms with Crippen LogP contribution in [0, 0.1) is 0 Å². The van der Waals surface area contributed by atoms with Crippen LogP contribution in [0.5, 0.6) is 11.5 Å². The number of thiophene rings is 1. The van der Waals surface area contributed by atoms with Crippen LogP contribution in [0.1, 0.15) is 28.8 Å². The van der Waals surface area contributed by atoms with Crippen molar-refractivity contribution in [3.63, 3.8) is 0 Å². The summed E-state index contributed by atoms with van der Waals surface area (Å²) in [5.41, 5.74) is 3.23. The number of para-hydroxylation sites is 1. The molecule has 0 fully saturated rings. The minimum Gasteiger partial charge on any atom is -0.454 e. The molecule has 31 heavy (non-hydrogen) atoms. The molecule has 0 amide bonds. The van der Waals surface area contributed by atoms with Crippen LogP contribution in [0.25, 0.3) is 15.9 Å². The summed E-state index contributed by atoms with van der Waals surface area (Å²) >= 11 is 3.27. The Morgan fingerprint density at radius 2 is 1.87 bits per heavy atom. The molecule has 0 bridgehead atoms. The fourth-order valence-corrected chi connectivity index (χ4v) is 6.52. The van der Waals surface area contributed by atoms with Gasteiger partial charge in [0, 0.05) is 10.6 Å². The summed E-state index contributed by atoms with van der Waals surface area (Å²) in [5, 5.41) is 1.54. The third kappa shape index (κ3) is 3.32. The Morgan fingerprint density at radius 1 is 1.03 bits per heavy atom. The molecule has 0 radical (unpaired) electrons. The van der Waals surface area contributed by atoms with E-state index in [2.05, 4.69) is 0 Å². The SMILES string of the molecule is O=c1c2c3c(sc2nc(SCc2ccc4c(c2)OCO4)n1-c1ccccc1)CCCC3. The van der Waals surface area contributed by atoms with Crippen LogP contribution in [0.4, 0.5) is 0 Å². The minimum atomic E-state index is 0.0452. The average molecular weight is 449 g/mol. The molecule has 4 aromatic rings. The molecular formula is C24H20N2O3S2. The Balaban J connectivity index is 1.45. The molecule has 7 heteroatoms. The first-order valence-electron chi connectivity index (χ1n) is 10.4. The highest BCUT2D eigenvalue weighted by atomic mass is 32.2. The van der Waals surface area contributed by atoms with E-state index >= 15 is 0 Å². The molecule has 2 aromatic heterocycles. The van der Waals surface area contributed by atoms with Crippen molar-refractivity contribution in [1.29, 1.82) is 0 Å². The second kappa shape index (κ2) is 7.73. The number of nitrogens with zero attached hydrogens (tertiary/aromatic N) is 2. The van der Waals surface area contributed by atoms with Gasteiger partial charge in [0.2, 0.25) is 6.79 Å². The van der Waals surface area contributed by atoms with Crippen molar-refractivity contribution in [3.8, 4) is 17.2 Å². The van der Waals surface area contributed by atoms with E-state index in [-0.39, 0.29) is 12.4 Å². The summed E-state index contributed by atoms with van der Waals surface area (Å²) < 4.78 is 12.7. The monoisotopic (exact) mass is 448 g/mol. The number of hydrogen-bond acceptors (Lipinski definition) is 6. The van der Waals surface area contributed by atoms with Gasteiger partial charge in [0.05, 0.1) is 11.1 Å². The highest BCUT2D eigenvalue weighted by molar-refractivity contribution is 7.98. The van der Waals surface area contributed by atoms with Gasteiger partial charge in [-0.3, -0.25) is 9.36 Å². The Bertz CT molecular complexity index is 1340. The molecule has 2 aliphatic rings. The van der Waals surface area contributed by atoms with E-state index in [0.29, 0.717) is 5.75 Å². The average Bonchev–Trinajstić information content (AvgIpc) is 3.42. The van der Waals surface area contributed by atoms with E-state index in [4.69, 9.17) is 14.5 Å². The molecule has 3 heterocycles. The lowest BCUT2D eigenvalue weighted by molar-refractivity contribution is 0.174. The predicted octanol–water partition coefficient (Wildman–Crippen LogP) is 5.35. The van der Waals surface area contributed by atoms with E-state index in [1.165, 1.54) is 16.9 Å². The van der Waals surface area contributed by atoms with Gasteiger partial charge < -0.3 is 9.47 Å². The molecule has 0 N–H and O–H groups in total. The molecule has 0 saturated carbocycles. The van der Waals surface area contributed by atoms with Gasteiger partial charge in [0.25, 0.3) is 5.56 Å². The maximum atomic E-state index is 13.7. The maximum Gasteiger partial charge on any atom is 0.267 e. The topological polar surface area (TPSA) is 53.4 Å². The summed E-state index contributed by atoms with van der Waals surface area (Å²) in [6.45, 7) is 0.265. The van der Waals surface area contributed by atoms with E-state index in [0.717, 1.165) is 57.4 Å². The van der Waals surface area contributed by atoms with Gasteiger partial charge in [-0.2, -0.15) is 0 Å². The van der Waals surface area contributed by atoms with Crippen LogP contribution in [0.2, 0.25) is 0 Å². The summed E-state index contributed by atoms with van der Waals surface area (Å²) in [7, 11) is 0. The maximum absolute atomic E-state index is 13.7. The number of ether oxygens (including phenoxy) is 2. The second-order valence-electron chi connectivity index (χ2n) is 7.74. The van der Waals surface area contributed by atoms with Crippen molar-refractivity contribution in [1.82, 2.24) is 9.55 Å². The number of rotatable bonds is 4. The number of benzene rings is 2.